The normalized spacial score (nSPS) is 11.7. The minimum absolute atomic E-state index is 0.862. The predicted octanol–water partition coefficient (Wildman–Crippen LogP) is 9.26. The van der Waals surface area contributed by atoms with Gasteiger partial charge in [0.1, 0.15) is 12.0 Å². The Balaban J connectivity index is 1.13. The van der Waals surface area contributed by atoms with E-state index < -0.39 is 0 Å². The van der Waals surface area contributed by atoms with Gasteiger partial charge in [-0.25, -0.2) is 4.98 Å². The molecule has 4 aromatic heterocycles. The SMILES string of the molecule is c1ccc(-n2c3cc4c(cc3c3c5ccccc5ccc32)c2ccccc2n4-c2ccc(-[n+]3c[n+](-c4ccccc4)c[n+](-c4ccccc4)c3)cn2)cc1. The van der Waals surface area contributed by atoms with E-state index in [0.717, 1.165) is 45.1 Å². The van der Waals surface area contributed by atoms with Crippen molar-refractivity contribution in [3.63, 3.8) is 0 Å². The molecule has 0 bridgehead atoms. The molecule has 252 valence electrons. The second-order valence-electron chi connectivity index (χ2n) is 13.7. The van der Waals surface area contributed by atoms with E-state index in [1.54, 1.807) is 0 Å². The second-order valence-corrected chi connectivity index (χ2v) is 13.7. The van der Waals surface area contributed by atoms with Gasteiger partial charge >= 0.3 is 19.0 Å². The summed E-state index contributed by atoms with van der Waals surface area (Å²) in [7, 11) is 0. The summed E-state index contributed by atoms with van der Waals surface area (Å²) in [6.07, 6.45) is 8.25. The molecular weight excluding hydrogens is 661 g/mol. The van der Waals surface area contributed by atoms with Crippen LogP contribution in [0.4, 0.5) is 0 Å². The number of para-hydroxylation sites is 4. The Bertz CT molecular complexity index is 3130. The highest BCUT2D eigenvalue weighted by Crippen LogP contribution is 2.41. The first-order chi connectivity index (χ1) is 26.8. The molecule has 0 N–H and O–H groups in total. The maximum Gasteiger partial charge on any atom is 0.428 e. The van der Waals surface area contributed by atoms with Crippen LogP contribution in [-0.2, 0) is 0 Å². The first kappa shape index (κ1) is 30.2. The smallest absolute Gasteiger partial charge is 0.309 e. The molecule has 0 aliphatic carbocycles. The average molecular weight is 694 g/mol. The lowest BCUT2D eigenvalue weighted by Crippen LogP contribution is -2.55. The van der Waals surface area contributed by atoms with Crippen molar-refractivity contribution in [1.82, 2.24) is 14.1 Å². The summed E-state index contributed by atoms with van der Waals surface area (Å²) in [6.45, 7) is 0. The van der Waals surface area contributed by atoms with E-state index in [1.807, 2.05) is 18.3 Å². The Morgan fingerprint density at radius 1 is 0.370 bits per heavy atom. The van der Waals surface area contributed by atoms with Gasteiger partial charge in [-0.1, -0.05) is 117 Å². The van der Waals surface area contributed by atoms with E-state index in [4.69, 9.17) is 4.98 Å². The molecule has 0 spiro atoms. The maximum atomic E-state index is 5.16. The van der Waals surface area contributed by atoms with Gasteiger partial charge in [-0.15, -0.1) is 0 Å². The van der Waals surface area contributed by atoms with Crippen molar-refractivity contribution >= 4 is 54.4 Å². The Hall–Kier alpha value is -7.44. The highest BCUT2D eigenvalue weighted by atomic mass is 15.2. The van der Waals surface area contributed by atoms with Crippen molar-refractivity contribution in [2.45, 2.75) is 0 Å². The molecule has 11 rings (SSSR count). The molecule has 0 saturated carbocycles. The van der Waals surface area contributed by atoms with Gasteiger partial charge in [-0.05, 0) is 53.2 Å². The van der Waals surface area contributed by atoms with Crippen molar-refractivity contribution in [2.24, 2.45) is 0 Å². The molecule has 0 amide bonds. The lowest BCUT2D eigenvalue weighted by atomic mass is 10.0. The van der Waals surface area contributed by atoms with Gasteiger partial charge in [0.25, 0.3) is 0 Å². The Morgan fingerprint density at radius 2 is 0.963 bits per heavy atom. The molecule has 0 aliphatic heterocycles. The van der Waals surface area contributed by atoms with E-state index in [9.17, 15) is 0 Å². The summed E-state index contributed by atoms with van der Waals surface area (Å²) in [5.41, 5.74) is 8.82. The van der Waals surface area contributed by atoms with E-state index >= 15 is 0 Å². The van der Waals surface area contributed by atoms with Crippen molar-refractivity contribution in [3.8, 4) is 28.6 Å². The van der Waals surface area contributed by atoms with Crippen LogP contribution in [-0.4, -0.2) is 14.1 Å². The van der Waals surface area contributed by atoms with Gasteiger partial charge in [0.2, 0.25) is 17.1 Å². The maximum absolute atomic E-state index is 5.16. The number of pyridine rings is 1. The summed E-state index contributed by atoms with van der Waals surface area (Å²) in [6, 6.07) is 62.4. The quantitative estimate of drug-likeness (QED) is 0.166. The summed E-state index contributed by atoms with van der Waals surface area (Å²) >= 11 is 0. The lowest BCUT2D eigenvalue weighted by Gasteiger charge is -2.09. The Labute approximate surface area is 310 Å². The van der Waals surface area contributed by atoms with Crippen LogP contribution in [0.3, 0.4) is 0 Å². The highest BCUT2D eigenvalue weighted by Gasteiger charge is 2.26. The molecule has 0 atom stereocenters. The molecule has 6 nitrogen and oxygen atoms in total. The monoisotopic (exact) mass is 693 g/mol. The third-order valence-electron chi connectivity index (χ3n) is 10.6. The molecule has 0 unspecified atom stereocenters. The number of nitrogens with zero attached hydrogens (tertiary/aromatic N) is 6. The largest absolute Gasteiger partial charge is 0.428 e. The van der Waals surface area contributed by atoms with Crippen LogP contribution in [0.2, 0.25) is 0 Å². The summed E-state index contributed by atoms with van der Waals surface area (Å²) in [5, 5.41) is 7.41. The fourth-order valence-electron chi connectivity index (χ4n) is 8.11. The standard InChI is InChI=1S/C48H33N6/c1-4-15-35(16-5-1)50-31-51(36-17-6-2-7-18-36)33-52(32-50)38-25-27-47(49-30-38)54-43-23-13-12-22-40(43)41-28-42-46(29-45(41)54)53(37-19-8-3-9-20-37)44-26-24-34-14-10-11-21-39(34)48(42)44/h1-33H/q+3. The third-order valence-corrected chi connectivity index (χ3v) is 10.6. The predicted molar refractivity (Wildman–Crippen MR) is 215 cm³/mol. The van der Waals surface area contributed by atoms with Crippen LogP contribution in [0.1, 0.15) is 0 Å². The van der Waals surface area contributed by atoms with Crippen LogP contribution < -0.4 is 13.7 Å². The zero-order valence-electron chi connectivity index (χ0n) is 29.2. The lowest BCUT2D eigenvalue weighted by molar-refractivity contribution is -0.858. The zero-order chi connectivity index (χ0) is 35.6. The summed E-state index contributed by atoms with van der Waals surface area (Å²) in [5.74, 6) is 0.862. The van der Waals surface area contributed by atoms with Gasteiger partial charge in [0.15, 0.2) is 0 Å². The molecule has 0 radical (unpaired) electrons. The molecule has 11 aromatic rings. The summed E-state index contributed by atoms with van der Waals surface area (Å²) in [4.78, 5) is 5.16. The van der Waals surface area contributed by atoms with Gasteiger partial charge in [0.05, 0.1) is 22.1 Å². The topological polar surface area (TPSA) is 34.4 Å². The van der Waals surface area contributed by atoms with E-state index in [-0.39, 0.29) is 0 Å². The first-order valence-electron chi connectivity index (χ1n) is 18.2. The van der Waals surface area contributed by atoms with Gasteiger partial charge in [-0.2, -0.15) is 0 Å². The van der Waals surface area contributed by atoms with Crippen molar-refractivity contribution in [3.05, 3.63) is 201 Å². The van der Waals surface area contributed by atoms with E-state index in [2.05, 4.69) is 206 Å². The first-order valence-corrected chi connectivity index (χ1v) is 18.2. The number of fused-ring (bicyclic) bond motifs is 8. The van der Waals surface area contributed by atoms with Crippen LogP contribution in [0.15, 0.2) is 201 Å². The van der Waals surface area contributed by atoms with Crippen molar-refractivity contribution in [1.29, 1.82) is 0 Å². The van der Waals surface area contributed by atoms with Crippen LogP contribution >= 0.6 is 0 Å². The molecule has 0 saturated heterocycles. The van der Waals surface area contributed by atoms with Crippen LogP contribution in [0.25, 0.3) is 83.0 Å². The number of rotatable bonds is 5. The highest BCUT2D eigenvalue weighted by molar-refractivity contribution is 6.25. The van der Waals surface area contributed by atoms with E-state index in [1.165, 1.54) is 37.8 Å². The fourth-order valence-corrected chi connectivity index (χ4v) is 8.11. The molecule has 54 heavy (non-hydrogen) atoms. The van der Waals surface area contributed by atoms with Gasteiger partial charge < -0.3 is 4.57 Å². The Morgan fingerprint density at radius 3 is 1.65 bits per heavy atom. The minimum atomic E-state index is 0.862. The number of aromatic nitrogens is 6. The van der Waals surface area contributed by atoms with Crippen LogP contribution in [0.5, 0.6) is 0 Å². The third kappa shape index (κ3) is 4.74. The number of hydrogen-bond donors (Lipinski definition) is 0. The average Bonchev–Trinajstić information content (AvgIpc) is 3.76. The molecule has 6 heteroatoms. The zero-order valence-corrected chi connectivity index (χ0v) is 29.2. The second kappa shape index (κ2) is 12.1. The van der Waals surface area contributed by atoms with E-state index in [0.29, 0.717) is 0 Å². The number of hydrogen-bond acceptors (Lipinski definition) is 1. The summed E-state index contributed by atoms with van der Waals surface area (Å²) < 4.78 is 11.1. The molecule has 0 aliphatic rings. The molecule has 0 fully saturated rings. The molecular formula is C48H33N6+3. The minimum Gasteiger partial charge on any atom is -0.309 e. The number of benzene rings is 7. The van der Waals surface area contributed by atoms with Gasteiger partial charge in [-0.3, -0.25) is 4.57 Å². The molecule has 7 aromatic carbocycles. The van der Waals surface area contributed by atoms with Crippen LogP contribution in [0, 0.1) is 0 Å². The fraction of sp³-hybridized carbons (Fsp3) is 0. The van der Waals surface area contributed by atoms with Crippen molar-refractivity contribution in [2.75, 3.05) is 0 Å². The van der Waals surface area contributed by atoms with Gasteiger partial charge in [0, 0.05) is 57.6 Å². The Kier molecular flexibility index (Phi) is 6.75. The molecule has 4 heterocycles. The van der Waals surface area contributed by atoms with Crippen molar-refractivity contribution < 1.29 is 13.7 Å².